The summed E-state index contributed by atoms with van der Waals surface area (Å²) in [4.78, 5) is 20.6. The summed E-state index contributed by atoms with van der Waals surface area (Å²) in [7, 11) is 0. The first-order valence-corrected chi connectivity index (χ1v) is 6.94. The Morgan fingerprint density at radius 2 is 2.16 bits per heavy atom. The van der Waals surface area contributed by atoms with Crippen LogP contribution in [0.5, 0.6) is 0 Å². The Bertz CT molecular complexity index is 412. The van der Waals surface area contributed by atoms with Gasteiger partial charge < -0.3 is 15.5 Å². The normalized spacial score (nSPS) is 15.6. The van der Waals surface area contributed by atoms with E-state index in [1.807, 2.05) is 11.8 Å². The highest BCUT2D eigenvalue weighted by Gasteiger charge is 2.17. The molecule has 1 aromatic rings. The summed E-state index contributed by atoms with van der Waals surface area (Å²) in [5.74, 6) is 0.478. The van der Waals surface area contributed by atoms with Gasteiger partial charge in [-0.05, 0) is 45.0 Å². The minimum Gasteiger partial charge on any atom is -0.384 e. The first kappa shape index (κ1) is 13.8. The molecule has 104 valence electrons. The highest BCUT2D eigenvalue weighted by molar-refractivity contribution is 5.94. The number of amides is 1. The maximum absolute atomic E-state index is 12.3. The number of aromatic nitrogens is 1. The molecule has 0 unspecified atom stereocenters. The Labute approximate surface area is 114 Å². The summed E-state index contributed by atoms with van der Waals surface area (Å²) in [6, 6.07) is 3.41. The van der Waals surface area contributed by atoms with Crippen LogP contribution in [-0.2, 0) is 0 Å². The number of carbonyl (C=O) groups is 1. The van der Waals surface area contributed by atoms with Gasteiger partial charge in [-0.2, -0.15) is 0 Å². The average Bonchev–Trinajstić information content (AvgIpc) is 2.93. The first-order valence-electron chi connectivity index (χ1n) is 6.94. The van der Waals surface area contributed by atoms with Gasteiger partial charge in [0.05, 0.1) is 5.56 Å². The van der Waals surface area contributed by atoms with Crippen molar-refractivity contribution in [3.8, 4) is 0 Å². The van der Waals surface area contributed by atoms with Crippen molar-refractivity contribution in [1.29, 1.82) is 0 Å². The molecule has 0 atom stereocenters. The van der Waals surface area contributed by atoms with E-state index in [1.54, 1.807) is 18.3 Å². The van der Waals surface area contributed by atoms with Gasteiger partial charge in [-0.3, -0.25) is 4.79 Å². The summed E-state index contributed by atoms with van der Waals surface area (Å²) in [6.45, 7) is 6.79. The molecule has 2 N–H and O–H groups in total. The second-order valence-electron chi connectivity index (χ2n) is 4.91. The van der Waals surface area contributed by atoms with Gasteiger partial charge in [0, 0.05) is 25.8 Å². The molecule has 2 rings (SSSR count). The molecular weight excluding hydrogens is 240 g/mol. The molecule has 5 nitrogen and oxygen atoms in total. The SMILES string of the molecule is CCN(CCN1CCCC1)C(=O)c1ccc(N)nc1. The van der Waals surface area contributed by atoms with Crippen molar-refractivity contribution >= 4 is 11.7 Å². The molecule has 19 heavy (non-hydrogen) atoms. The van der Waals surface area contributed by atoms with Crippen LogP contribution in [0.1, 0.15) is 30.1 Å². The molecular formula is C14H22N4O. The Kier molecular flexibility index (Phi) is 4.74. The number of nitrogens with two attached hydrogens (primary N) is 1. The maximum atomic E-state index is 12.3. The topological polar surface area (TPSA) is 62.5 Å². The Morgan fingerprint density at radius 3 is 2.74 bits per heavy atom. The highest BCUT2D eigenvalue weighted by atomic mass is 16.2. The molecule has 1 aliphatic heterocycles. The molecule has 0 bridgehead atoms. The third-order valence-corrected chi connectivity index (χ3v) is 3.59. The number of carbonyl (C=O) groups excluding carboxylic acids is 1. The molecule has 1 saturated heterocycles. The summed E-state index contributed by atoms with van der Waals surface area (Å²) < 4.78 is 0. The van der Waals surface area contributed by atoms with Crippen molar-refractivity contribution in [1.82, 2.24) is 14.8 Å². The van der Waals surface area contributed by atoms with Crippen LogP contribution in [0.15, 0.2) is 18.3 Å². The molecule has 1 aliphatic rings. The zero-order chi connectivity index (χ0) is 13.7. The van der Waals surface area contributed by atoms with Crippen LogP contribution >= 0.6 is 0 Å². The van der Waals surface area contributed by atoms with Crippen molar-refractivity contribution in [2.45, 2.75) is 19.8 Å². The number of likely N-dealkylation sites (tertiary alicyclic amines) is 1. The van der Waals surface area contributed by atoms with E-state index in [4.69, 9.17) is 5.73 Å². The van der Waals surface area contributed by atoms with E-state index in [9.17, 15) is 4.79 Å². The van der Waals surface area contributed by atoms with E-state index in [1.165, 1.54) is 12.8 Å². The van der Waals surface area contributed by atoms with Gasteiger partial charge in [0.2, 0.25) is 0 Å². The van der Waals surface area contributed by atoms with E-state index in [2.05, 4.69) is 9.88 Å². The number of pyridine rings is 1. The highest BCUT2D eigenvalue weighted by Crippen LogP contribution is 2.09. The maximum Gasteiger partial charge on any atom is 0.255 e. The molecule has 1 aromatic heterocycles. The third-order valence-electron chi connectivity index (χ3n) is 3.59. The zero-order valence-electron chi connectivity index (χ0n) is 11.5. The van der Waals surface area contributed by atoms with Crippen molar-refractivity contribution in [3.63, 3.8) is 0 Å². The van der Waals surface area contributed by atoms with Gasteiger partial charge in [0.1, 0.15) is 5.82 Å². The minimum atomic E-state index is 0.0363. The van der Waals surface area contributed by atoms with E-state index < -0.39 is 0 Å². The molecule has 1 amide bonds. The quantitative estimate of drug-likeness (QED) is 0.866. The van der Waals surface area contributed by atoms with Crippen molar-refractivity contribution in [2.24, 2.45) is 0 Å². The first-order chi connectivity index (χ1) is 9.20. The number of nitrogens with zero attached hydrogens (tertiary/aromatic N) is 3. The predicted octanol–water partition coefficient (Wildman–Crippen LogP) is 1.22. The Morgan fingerprint density at radius 1 is 1.42 bits per heavy atom. The molecule has 0 aliphatic carbocycles. The lowest BCUT2D eigenvalue weighted by molar-refractivity contribution is 0.0749. The van der Waals surface area contributed by atoms with Gasteiger partial charge in [0.25, 0.3) is 5.91 Å². The van der Waals surface area contributed by atoms with Crippen molar-refractivity contribution in [3.05, 3.63) is 23.9 Å². The smallest absolute Gasteiger partial charge is 0.255 e. The largest absolute Gasteiger partial charge is 0.384 e. The molecule has 2 heterocycles. The monoisotopic (exact) mass is 262 g/mol. The second kappa shape index (κ2) is 6.52. The lowest BCUT2D eigenvalue weighted by Gasteiger charge is -2.24. The van der Waals surface area contributed by atoms with Crippen molar-refractivity contribution in [2.75, 3.05) is 38.5 Å². The number of hydrogen-bond donors (Lipinski definition) is 1. The van der Waals surface area contributed by atoms with Crippen LogP contribution < -0.4 is 5.73 Å². The van der Waals surface area contributed by atoms with E-state index >= 15 is 0 Å². The van der Waals surface area contributed by atoms with Gasteiger partial charge in [0.15, 0.2) is 0 Å². The molecule has 0 aromatic carbocycles. The Hall–Kier alpha value is -1.62. The van der Waals surface area contributed by atoms with Crippen LogP contribution in [0.2, 0.25) is 0 Å². The summed E-state index contributed by atoms with van der Waals surface area (Å²) in [5.41, 5.74) is 6.14. The molecule has 0 radical (unpaired) electrons. The van der Waals surface area contributed by atoms with E-state index in [0.29, 0.717) is 11.4 Å². The second-order valence-corrected chi connectivity index (χ2v) is 4.91. The predicted molar refractivity (Wildman–Crippen MR) is 75.9 cm³/mol. The third kappa shape index (κ3) is 3.67. The number of hydrogen-bond acceptors (Lipinski definition) is 4. The summed E-state index contributed by atoms with van der Waals surface area (Å²) >= 11 is 0. The molecule has 1 fully saturated rings. The molecule has 5 heteroatoms. The van der Waals surface area contributed by atoms with Crippen LogP contribution in [0, 0.1) is 0 Å². The summed E-state index contributed by atoms with van der Waals surface area (Å²) in [5, 5.41) is 0. The lowest BCUT2D eigenvalue weighted by atomic mass is 10.2. The van der Waals surface area contributed by atoms with Crippen LogP contribution in [0.25, 0.3) is 0 Å². The minimum absolute atomic E-state index is 0.0363. The fourth-order valence-corrected chi connectivity index (χ4v) is 2.39. The number of nitrogen functional groups attached to an aromatic ring is 1. The van der Waals surface area contributed by atoms with Gasteiger partial charge in [-0.15, -0.1) is 0 Å². The fourth-order valence-electron chi connectivity index (χ4n) is 2.39. The van der Waals surface area contributed by atoms with Gasteiger partial charge in [-0.1, -0.05) is 0 Å². The standard InChI is InChI=1S/C14H22N4O/c1-2-18(10-9-17-7-3-4-8-17)14(19)12-5-6-13(15)16-11-12/h5-6,11H,2-4,7-10H2,1H3,(H2,15,16). The lowest BCUT2D eigenvalue weighted by Crippen LogP contribution is -2.37. The van der Waals surface area contributed by atoms with Gasteiger partial charge in [-0.25, -0.2) is 4.98 Å². The zero-order valence-corrected chi connectivity index (χ0v) is 11.5. The van der Waals surface area contributed by atoms with Crippen LogP contribution in [-0.4, -0.2) is 53.4 Å². The fraction of sp³-hybridized carbons (Fsp3) is 0.571. The number of likely N-dealkylation sites (N-methyl/N-ethyl adjacent to an activating group) is 1. The molecule has 0 saturated carbocycles. The average molecular weight is 262 g/mol. The van der Waals surface area contributed by atoms with Crippen LogP contribution in [0.3, 0.4) is 0 Å². The van der Waals surface area contributed by atoms with E-state index in [0.717, 1.165) is 32.7 Å². The van der Waals surface area contributed by atoms with Crippen molar-refractivity contribution < 1.29 is 4.79 Å². The van der Waals surface area contributed by atoms with E-state index in [-0.39, 0.29) is 5.91 Å². The number of rotatable bonds is 5. The van der Waals surface area contributed by atoms with Gasteiger partial charge >= 0.3 is 0 Å². The molecule has 0 spiro atoms. The number of anilines is 1. The van der Waals surface area contributed by atoms with Crippen LogP contribution in [0.4, 0.5) is 5.82 Å². The summed E-state index contributed by atoms with van der Waals surface area (Å²) in [6.07, 6.45) is 4.11. The Balaban J connectivity index is 1.92.